The molecule has 0 N–H and O–H groups in total. The van der Waals surface area contributed by atoms with Crippen molar-refractivity contribution in [1.82, 2.24) is 9.80 Å². The summed E-state index contributed by atoms with van der Waals surface area (Å²) in [4.78, 5) is 19.6. The molecule has 26 heavy (non-hydrogen) atoms. The molecule has 0 bridgehead atoms. The summed E-state index contributed by atoms with van der Waals surface area (Å²) in [5.41, 5.74) is -0.211. The van der Waals surface area contributed by atoms with E-state index < -0.39 is 0 Å². The summed E-state index contributed by atoms with van der Waals surface area (Å²) in [7, 11) is 1.83. The van der Waals surface area contributed by atoms with E-state index in [9.17, 15) is 4.79 Å². The molecule has 1 aromatic heterocycles. The molecule has 1 aliphatic carbocycles. The summed E-state index contributed by atoms with van der Waals surface area (Å²) in [5, 5.41) is 2.12. The number of rotatable bonds is 4. The van der Waals surface area contributed by atoms with E-state index in [1.165, 1.54) is 17.7 Å². The molecule has 0 unspecified atom stereocenters. The predicted octanol–water partition coefficient (Wildman–Crippen LogP) is 3.66. The molecule has 144 valence electrons. The van der Waals surface area contributed by atoms with Crippen LogP contribution in [0.25, 0.3) is 0 Å². The molecule has 3 aliphatic rings. The summed E-state index contributed by atoms with van der Waals surface area (Å²) < 4.78 is 5.50. The first kappa shape index (κ1) is 18.5. The fourth-order valence-electron chi connectivity index (χ4n) is 5.31. The molecule has 4 rings (SSSR count). The smallest absolute Gasteiger partial charge is 0.234 e. The average molecular weight is 377 g/mol. The highest BCUT2D eigenvalue weighted by molar-refractivity contribution is 7.10. The molecule has 4 nitrogen and oxygen atoms in total. The van der Waals surface area contributed by atoms with Gasteiger partial charge < -0.3 is 14.5 Å². The molecule has 1 saturated carbocycles. The van der Waals surface area contributed by atoms with Gasteiger partial charge in [0.25, 0.3) is 0 Å². The van der Waals surface area contributed by atoms with Crippen molar-refractivity contribution in [3.63, 3.8) is 0 Å². The van der Waals surface area contributed by atoms with Gasteiger partial charge in [0.1, 0.15) is 0 Å². The monoisotopic (exact) mass is 376 g/mol. The molecule has 5 heteroatoms. The Morgan fingerprint density at radius 2 is 1.81 bits per heavy atom. The summed E-state index contributed by atoms with van der Waals surface area (Å²) in [6, 6.07) is 4.93. The SMILES string of the molecule is COC1CCN(C2CCN(C(=O)C3(c4cccs4)CCCC3)CC2)CC1. The predicted molar refractivity (Wildman–Crippen MR) is 106 cm³/mol. The molecule has 3 fully saturated rings. The zero-order valence-electron chi connectivity index (χ0n) is 16.0. The van der Waals surface area contributed by atoms with E-state index in [-0.39, 0.29) is 5.41 Å². The highest BCUT2D eigenvalue weighted by Crippen LogP contribution is 2.45. The quantitative estimate of drug-likeness (QED) is 0.804. The van der Waals surface area contributed by atoms with E-state index in [2.05, 4.69) is 27.3 Å². The Hall–Kier alpha value is -0.910. The fourth-order valence-corrected chi connectivity index (χ4v) is 6.29. The standard InChI is InChI=1S/C21H32N2O2S/c1-25-18-8-14-22(15-9-18)17-6-12-23(13-7-17)20(24)21(10-2-3-11-21)19-5-4-16-26-19/h4-5,16-18H,2-3,6-15H2,1H3. The molecule has 0 spiro atoms. The van der Waals surface area contributed by atoms with Crippen molar-refractivity contribution in [1.29, 1.82) is 0 Å². The second-order valence-corrected chi connectivity index (χ2v) is 9.21. The van der Waals surface area contributed by atoms with Crippen LogP contribution in [0.5, 0.6) is 0 Å². The highest BCUT2D eigenvalue weighted by atomic mass is 32.1. The molecular formula is C21H32N2O2S. The lowest BCUT2D eigenvalue weighted by molar-refractivity contribution is -0.139. The lowest BCUT2D eigenvalue weighted by atomic mass is 9.82. The summed E-state index contributed by atoms with van der Waals surface area (Å²) in [6.07, 6.45) is 9.46. The van der Waals surface area contributed by atoms with Crippen molar-refractivity contribution in [2.45, 2.75) is 68.9 Å². The Balaban J connectivity index is 1.36. The molecule has 1 aromatic rings. The first-order valence-electron chi connectivity index (χ1n) is 10.3. The number of carbonyl (C=O) groups is 1. The van der Waals surface area contributed by atoms with Crippen molar-refractivity contribution < 1.29 is 9.53 Å². The second-order valence-electron chi connectivity index (χ2n) is 8.26. The Kier molecular flexibility index (Phi) is 5.67. The minimum atomic E-state index is -0.211. The van der Waals surface area contributed by atoms with Crippen LogP contribution in [0.15, 0.2) is 17.5 Å². The number of ether oxygens (including phenoxy) is 1. The van der Waals surface area contributed by atoms with Gasteiger partial charge in [0.05, 0.1) is 11.5 Å². The number of carbonyl (C=O) groups excluding carboxylic acids is 1. The largest absolute Gasteiger partial charge is 0.381 e. The van der Waals surface area contributed by atoms with E-state index >= 15 is 0 Å². The van der Waals surface area contributed by atoms with E-state index in [1.54, 1.807) is 11.3 Å². The van der Waals surface area contributed by atoms with Crippen LogP contribution >= 0.6 is 11.3 Å². The van der Waals surface area contributed by atoms with E-state index in [0.717, 1.165) is 64.7 Å². The number of methoxy groups -OCH3 is 1. The van der Waals surface area contributed by atoms with Gasteiger partial charge in [0, 0.05) is 44.2 Å². The highest BCUT2D eigenvalue weighted by Gasteiger charge is 2.46. The maximum atomic E-state index is 13.5. The third-order valence-electron chi connectivity index (χ3n) is 6.94. The van der Waals surface area contributed by atoms with Gasteiger partial charge in [-0.25, -0.2) is 0 Å². The summed E-state index contributed by atoms with van der Waals surface area (Å²) in [5.74, 6) is 0.411. The minimum Gasteiger partial charge on any atom is -0.381 e. The van der Waals surface area contributed by atoms with Crippen molar-refractivity contribution in [3.8, 4) is 0 Å². The maximum absolute atomic E-state index is 13.5. The van der Waals surface area contributed by atoms with Crippen molar-refractivity contribution in [2.24, 2.45) is 0 Å². The molecule has 0 radical (unpaired) electrons. The molecule has 3 heterocycles. The number of hydrogen-bond acceptors (Lipinski definition) is 4. The van der Waals surface area contributed by atoms with E-state index in [4.69, 9.17) is 4.74 Å². The Morgan fingerprint density at radius 3 is 2.38 bits per heavy atom. The van der Waals surface area contributed by atoms with Crippen molar-refractivity contribution in [3.05, 3.63) is 22.4 Å². The van der Waals surface area contributed by atoms with Crippen LogP contribution in [0.4, 0.5) is 0 Å². The number of thiophene rings is 1. The second kappa shape index (κ2) is 7.99. The number of nitrogens with zero attached hydrogens (tertiary/aromatic N) is 2. The third kappa shape index (κ3) is 3.46. The normalized spacial score (nSPS) is 25.7. The van der Waals surface area contributed by atoms with Gasteiger partial charge >= 0.3 is 0 Å². The van der Waals surface area contributed by atoms with Gasteiger partial charge in [0.2, 0.25) is 5.91 Å². The van der Waals surface area contributed by atoms with Crippen LogP contribution in [0.3, 0.4) is 0 Å². The fraction of sp³-hybridized carbons (Fsp3) is 0.762. The Bertz CT molecular complexity index is 581. The topological polar surface area (TPSA) is 32.8 Å². The van der Waals surface area contributed by atoms with Crippen LogP contribution < -0.4 is 0 Å². The lowest BCUT2D eigenvalue weighted by Crippen LogP contribution is -2.53. The molecule has 2 saturated heterocycles. The molecule has 1 amide bonds. The minimum absolute atomic E-state index is 0.211. The zero-order chi connectivity index (χ0) is 18.0. The van der Waals surface area contributed by atoms with Crippen LogP contribution in [-0.2, 0) is 14.9 Å². The molecule has 0 atom stereocenters. The van der Waals surface area contributed by atoms with Crippen LogP contribution in [0.1, 0.15) is 56.2 Å². The molecule has 0 aromatic carbocycles. The van der Waals surface area contributed by atoms with Gasteiger partial charge in [0.15, 0.2) is 0 Å². The van der Waals surface area contributed by atoms with Gasteiger partial charge in [-0.05, 0) is 50.0 Å². The maximum Gasteiger partial charge on any atom is 0.234 e. The first-order chi connectivity index (χ1) is 12.7. The molecule has 2 aliphatic heterocycles. The van der Waals surface area contributed by atoms with Crippen molar-refractivity contribution in [2.75, 3.05) is 33.3 Å². The van der Waals surface area contributed by atoms with Crippen LogP contribution in [0, 0.1) is 0 Å². The van der Waals surface area contributed by atoms with E-state index in [1.807, 2.05) is 7.11 Å². The van der Waals surface area contributed by atoms with Gasteiger partial charge in [-0.1, -0.05) is 18.9 Å². The Labute approximate surface area is 161 Å². The van der Waals surface area contributed by atoms with E-state index in [0.29, 0.717) is 18.1 Å². The summed E-state index contributed by atoms with van der Waals surface area (Å²) >= 11 is 1.77. The number of piperidine rings is 2. The van der Waals surface area contributed by atoms with Crippen LogP contribution in [-0.4, -0.2) is 61.1 Å². The zero-order valence-corrected chi connectivity index (χ0v) is 16.8. The lowest BCUT2D eigenvalue weighted by Gasteiger charge is -2.43. The summed E-state index contributed by atoms with van der Waals surface area (Å²) in [6.45, 7) is 4.16. The average Bonchev–Trinajstić information content (AvgIpc) is 3.40. The Morgan fingerprint density at radius 1 is 1.12 bits per heavy atom. The third-order valence-corrected chi connectivity index (χ3v) is 8.01. The van der Waals surface area contributed by atoms with Gasteiger partial charge in [-0.3, -0.25) is 4.79 Å². The number of amides is 1. The van der Waals surface area contributed by atoms with Gasteiger partial charge in [-0.2, -0.15) is 0 Å². The number of hydrogen-bond donors (Lipinski definition) is 0. The number of likely N-dealkylation sites (tertiary alicyclic amines) is 2. The van der Waals surface area contributed by atoms with Gasteiger partial charge in [-0.15, -0.1) is 11.3 Å². The van der Waals surface area contributed by atoms with Crippen LogP contribution in [0.2, 0.25) is 0 Å². The first-order valence-corrected chi connectivity index (χ1v) is 11.2. The van der Waals surface area contributed by atoms with Crippen molar-refractivity contribution >= 4 is 17.2 Å². The molecular weight excluding hydrogens is 344 g/mol.